The van der Waals surface area contributed by atoms with Crippen LogP contribution in [0.4, 0.5) is 34.1 Å². The number of fused-ring (bicyclic) bond motifs is 14. The molecule has 0 aliphatic carbocycles. The molecule has 0 amide bonds. The van der Waals surface area contributed by atoms with Gasteiger partial charge in [-0.1, -0.05) is 303 Å². The van der Waals surface area contributed by atoms with Crippen molar-refractivity contribution in [1.82, 2.24) is 0 Å². The van der Waals surface area contributed by atoms with Crippen molar-refractivity contribution >= 4 is 172 Å². The molecule has 3 nitrogen and oxygen atoms in total. The summed E-state index contributed by atoms with van der Waals surface area (Å²) in [5.41, 5.74) is 29.4. The van der Waals surface area contributed by atoms with E-state index in [9.17, 15) is 0 Å². The van der Waals surface area contributed by atoms with Gasteiger partial charge in [0.15, 0.2) is 0 Å². The molecule has 0 fully saturated rings. The van der Waals surface area contributed by atoms with E-state index in [2.05, 4.69) is 447 Å². The van der Waals surface area contributed by atoms with Crippen LogP contribution in [-0.4, -0.2) is 0 Å². The van der Waals surface area contributed by atoms with Gasteiger partial charge in [0.2, 0.25) is 0 Å². The zero-order valence-electron chi connectivity index (χ0n) is 66.1. The topological polar surface area (TPSA) is 19.6 Å². The summed E-state index contributed by atoms with van der Waals surface area (Å²) < 4.78 is 14.5. The molecule has 20 aromatic carbocycles. The molecule has 570 valence electrons. The summed E-state index contributed by atoms with van der Waals surface area (Å²) >= 11 is 5.61. The van der Waals surface area contributed by atoms with Gasteiger partial charge in [0.25, 0.3) is 0 Å². The van der Waals surface area contributed by atoms with E-state index >= 15 is 0 Å². The monoisotopic (exact) mass is 1600 g/mol. The first-order valence-electron chi connectivity index (χ1n) is 41.5. The highest BCUT2D eigenvalue weighted by Crippen LogP contribution is 2.49. The number of benzene rings is 20. The van der Waals surface area contributed by atoms with Crippen LogP contribution in [0.5, 0.6) is 0 Å². The second kappa shape index (κ2) is 29.5. The lowest BCUT2D eigenvalue weighted by atomic mass is 9.96. The Labute approximate surface area is 717 Å². The molecule has 0 bridgehead atoms. The molecule has 0 spiro atoms. The van der Waals surface area contributed by atoms with Crippen molar-refractivity contribution in [2.45, 2.75) is 0 Å². The van der Waals surface area contributed by atoms with Crippen molar-refractivity contribution in [3.63, 3.8) is 0 Å². The number of rotatable bonds is 15. The van der Waals surface area contributed by atoms with E-state index in [4.69, 9.17) is 4.42 Å². The average Bonchev–Trinajstić information content (AvgIpc) is 1.58. The van der Waals surface area contributed by atoms with Crippen LogP contribution in [0.15, 0.2) is 441 Å². The van der Waals surface area contributed by atoms with Crippen LogP contribution in [0.1, 0.15) is 0 Å². The standard InChI is InChI=1S/C116H72N2OS3/c1-3-33-94-74(19-1)21-14-37-96(94)76-49-58-89(59-50-76)117(91-30-11-25-80(67-91)78-23-9-27-85(65-78)99-40-16-42-104-102-35-5-7-44-110(102)121-115(99)104)88-56-47-73(48-57-88)82-55-64-108-107(70-82)101-62-53-83(71-109(101)119-108)84-54-63-103-105-43-17-41-100(116(105)122-113(103)72-84)86-28-10-24-79(66-86)81-26-12-31-92(68-81)118(93-32-13-29-87(69-93)97-38-15-22-75-20-2-4-34-95(75)97)90-60-51-77(52-61-90)98-39-18-46-112-114(98)106-36-6-8-45-111(106)120-112/h1-72H. The first-order valence-corrected chi connectivity index (χ1v) is 44.0. The highest BCUT2D eigenvalue weighted by molar-refractivity contribution is 7.27. The molecule has 0 unspecified atom stereocenters. The lowest BCUT2D eigenvalue weighted by Gasteiger charge is -2.27. The molecule has 4 aromatic heterocycles. The van der Waals surface area contributed by atoms with Crippen molar-refractivity contribution < 1.29 is 4.42 Å². The van der Waals surface area contributed by atoms with E-state index < -0.39 is 0 Å². The maximum absolute atomic E-state index is 6.77. The normalized spacial score (nSPS) is 11.8. The first kappa shape index (κ1) is 71.1. The van der Waals surface area contributed by atoms with Crippen LogP contribution in [0, 0.1) is 0 Å². The zero-order valence-corrected chi connectivity index (χ0v) is 68.5. The summed E-state index contributed by atoms with van der Waals surface area (Å²) in [6, 6.07) is 161. The first-order chi connectivity index (χ1) is 60.4. The Morgan fingerprint density at radius 3 is 1.13 bits per heavy atom. The highest BCUT2D eigenvalue weighted by Gasteiger charge is 2.23. The van der Waals surface area contributed by atoms with Crippen molar-refractivity contribution in [3.05, 3.63) is 437 Å². The Balaban J connectivity index is 0.525. The summed E-state index contributed by atoms with van der Waals surface area (Å²) in [6.45, 7) is 0. The van der Waals surface area contributed by atoms with Crippen molar-refractivity contribution in [3.8, 4) is 100 Å². The quantitative estimate of drug-likeness (QED) is 0.102. The van der Waals surface area contributed by atoms with Crippen LogP contribution >= 0.6 is 34.0 Å². The summed E-state index contributed by atoms with van der Waals surface area (Å²) in [4.78, 5) is 4.81. The molecule has 4 heterocycles. The molecule has 24 aromatic rings. The van der Waals surface area contributed by atoms with Crippen LogP contribution in [-0.2, 0) is 0 Å². The maximum Gasteiger partial charge on any atom is 0.136 e. The molecule has 0 saturated heterocycles. The predicted octanol–water partition coefficient (Wildman–Crippen LogP) is 34.9. The average molecular weight is 1610 g/mol. The third-order valence-corrected chi connectivity index (χ3v) is 28.2. The second-order valence-electron chi connectivity index (χ2n) is 31.8. The van der Waals surface area contributed by atoms with Gasteiger partial charge in [0.1, 0.15) is 11.2 Å². The summed E-state index contributed by atoms with van der Waals surface area (Å²) in [7, 11) is 0. The Kier molecular flexibility index (Phi) is 17.2. The Hall–Kier alpha value is -15.0. The van der Waals surface area contributed by atoms with Gasteiger partial charge in [-0.05, 0) is 255 Å². The second-order valence-corrected chi connectivity index (χ2v) is 34.9. The zero-order chi connectivity index (χ0) is 80.3. The summed E-state index contributed by atoms with van der Waals surface area (Å²) in [6.07, 6.45) is 0. The van der Waals surface area contributed by atoms with E-state index in [0.29, 0.717) is 0 Å². The molecule has 122 heavy (non-hydrogen) atoms. The van der Waals surface area contributed by atoms with Crippen LogP contribution in [0.25, 0.3) is 204 Å². The van der Waals surface area contributed by atoms with Gasteiger partial charge in [-0.15, -0.1) is 34.0 Å². The molecule has 0 aliphatic heterocycles. The number of anilines is 6. The molecule has 6 heteroatoms. The van der Waals surface area contributed by atoms with Crippen molar-refractivity contribution in [1.29, 1.82) is 0 Å². The molecule has 0 N–H and O–H groups in total. The number of thiophene rings is 3. The van der Waals surface area contributed by atoms with Gasteiger partial charge in [-0.3, -0.25) is 0 Å². The molecule has 0 aliphatic rings. The number of hydrogen-bond donors (Lipinski definition) is 0. The third kappa shape index (κ3) is 12.4. The van der Waals surface area contributed by atoms with Gasteiger partial charge in [-0.25, -0.2) is 0 Å². The molecular formula is C116H72N2OS3. The molecule has 24 rings (SSSR count). The minimum absolute atomic E-state index is 0.863. The van der Waals surface area contributed by atoms with E-state index in [1.165, 1.54) is 143 Å². The number of nitrogens with zero attached hydrogens (tertiary/aromatic N) is 2. The minimum atomic E-state index is 0.863. The smallest absolute Gasteiger partial charge is 0.136 e. The summed E-state index contributed by atoms with van der Waals surface area (Å²) in [5, 5.41) is 14.9. The highest BCUT2D eigenvalue weighted by atomic mass is 32.1. The summed E-state index contributed by atoms with van der Waals surface area (Å²) in [5.74, 6) is 0. The Morgan fingerprint density at radius 1 is 0.164 bits per heavy atom. The number of furan rings is 1. The van der Waals surface area contributed by atoms with Crippen molar-refractivity contribution in [2.75, 3.05) is 9.80 Å². The lowest BCUT2D eigenvalue weighted by Crippen LogP contribution is -2.10. The Morgan fingerprint density at radius 2 is 0.525 bits per heavy atom. The predicted molar refractivity (Wildman–Crippen MR) is 526 cm³/mol. The lowest BCUT2D eigenvalue weighted by molar-refractivity contribution is 0.669. The fraction of sp³-hybridized carbons (Fsp3) is 0. The van der Waals surface area contributed by atoms with Gasteiger partial charge < -0.3 is 14.2 Å². The molecule has 0 saturated carbocycles. The van der Waals surface area contributed by atoms with Gasteiger partial charge >= 0.3 is 0 Å². The SMILES string of the molecule is c1cc(-c2cccc(N(c3ccc(-c4ccc5oc6cc(-c7ccc8c(c7)sc7c(-c9cccc(-c%10cccc(N(c%11ccc(-c%12cccc%13sc%14ccccc%14c%12%13)cc%11)c%11cccc(-c%12cccc%13ccccc%12%13)c%11)c%10)c9)cccc78)ccc6c5c4)cc3)c3ccc(-c4cccc5ccccc45)cc3)c2)cc(-c2cccc3c2sc2ccccc23)c1. The van der Waals surface area contributed by atoms with E-state index in [0.717, 1.165) is 95.0 Å². The molecule has 0 radical (unpaired) electrons. The van der Waals surface area contributed by atoms with Crippen LogP contribution in [0.2, 0.25) is 0 Å². The van der Waals surface area contributed by atoms with Crippen LogP contribution in [0.3, 0.4) is 0 Å². The molecular weight excluding hydrogens is 1530 g/mol. The third-order valence-electron chi connectivity index (χ3n) is 24.7. The van der Waals surface area contributed by atoms with Gasteiger partial charge in [0, 0.05) is 105 Å². The van der Waals surface area contributed by atoms with Crippen molar-refractivity contribution in [2.24, 2.45) is 0 Å². The largest absolute Gasteiger partial charge is 0.456 e. The van der Waals surface area contributed by atoms with Crippen LogP contribution < -0.4 is 9.80 Å². The Bertz CT molecular complexity index is 8280. The van der Waals surface area contributed by atoms with E-state index in [-0.39, 0.29) is 0 Å². The molecule has 0 atom stereocenters. The number of hydrogen-bond acceptors (Lipinski definition) is 6. The van der Waals surface area contributed by atoms with E-state index in [1.54, 1.807) is 0 Å². The fourth-order valence-electron chi connectivity index (χ4n) is 18.8. The van der Waals surface area contributed by atoms with E-state index in [1.807, 2.05) is 34.0 Å². The van der Waals surface area contributed by atoms with Gasteiger partial charge in [-0.2, -0.15) is 0 Å². The fourth-order valence-corrected chi connectivity index (χ4v) is 22.4. The van der Waals surface area contributed by atoms with Gasteiger partial charge in [0.05, 0.1) is 0 Å². The maximum atomic E-state index is 6.77. The minimum Gasteiger partial charge on any atom is -0.456 e.